The molecule has 1 atom stereocenters. The van der Waals surface area contributed by atoms with Crippen molar-refractivity contribution in [1.82, 2.24) is 9.88 Å². The number of hydrogen-bond acceptors (Lipinski definition) is 3. The molecule has 5 nitrogen and oxygen atoms in total. The molecule has 0 aliphatic rings. The summed E-state index contributed by atoms with van der Waals surface area (Å²) in [6, 6.07) is 11.1. The summed E-state index contributed by atoms with van der Waals surface area (Å²) in [5.41, 5.74) is 1.10. The van der Waals surface area contributed by atoms with E-state index < -0.39 is 11.9 Å². The molecule has 1 aromatic carbocycles. The van der Waals surface area contributed by atoms with E-state index in [0.29, 0.717) is 12.2 Å². The van der Waals surface area contributed by atoms with Gasteiger partial charge in [-0.2, -0.15) is 0 Å². The van der Waals surface area contributed by atoms with Gasteiger partial charge in [-0.05, 0) is 19.1 Å². The smallest absolute Gasteiger partial charge is 0.308 e. The number of hydrogen-bond donors (Lipinski definition) is 1. The maximum atomic E-state index is 12.4. The summed E-state index contributed by atoms with van der Waals surface area (Å²) in [7, 11) is 0. The van der Waals surface area contributed by atoms with Crippen LogP contribution in [0.4, 0.5) is 0 Å². The van der Waals surface area contributed by atoms with E-state index in [9.17, 15) is 9.59 Å². The van der Waals surface area contributed by atoms with E-state index in [1.165, 1.54) is 4.90 Å². The first-order valence-corrected chi connectivity index (χ1v) is 6.90. The lowest BCUT2D eigenvalue weighted by Gasteiger charge is -2.22. The molecule has 0 saturated heterocycles. The van der Waals surface area contributed by atoms with Gasteiger partial charge in [0.15, 0.2) is 0 Å². The summed E-state index contributed by atoms with van der Waals surface area (Å²) in [6.45, 7) is 4.05. The van der Waals surface area contributed by atoms with Crippen LogP contribution in [-0.2, 0) is 4.79 Å². The molecule has 0 aliphatic heterocycles. The second kappa shape index (κ2) is 6.35. The fourth-order valence-electron chi connectivity index (χ4n) is 2.11. The molecule has 0 fully saturated rings. The summed E-state index contributed by atoms with van der Waals surface area (Å²) in [5.74, 6) is -1.75. The lowest BCUT2D eigenvalue weighted by atomic mass is 10.1. The van der Waals surface area contributed by atoms with Crippen molar-refractivity contribution >= 4 is 22.8 Å². The van der Waals surface area contributed by atoms with Crippen LogP contribution in [-0.4, -0.2) is 40.0 Å². The van der Waals surface area contributed by atoms with Gasteiger partial charge in [0, 0.05) is 18.5 Å². The number of carboxylic acid groups (broad SMARTS) is 1. The van der Waals surface area contributed by atoms with Crippen LogP contribution in [0.15, 0.2) is 36.4 Å². The normalized spacial score (nSPS) is 12.1. The molecular formula is C16H18N2O3. The number of fused-ring (bicyclic) bond motifs is 1. The Balaban J connectivity index is 2.24. The van der Waals surface area contributed by atoms with Gasteiger partial charge in [0.25, 0.3) is 5.91 Å². The third kappa shape index (κ3) is 3.37. The van der Waals surface area contributed by atoms with Gasteiger partial charge in [-0.25, -0.2) is 4.98 Å². The molecule has 2 aromatic rings. The van der Waals surface area contributed by atoms with Gasteiger partial charge in [-0.3, -0.25) is 9.59 Å². The Hall–Kier alpha value is -2.43. The van der Waals surface area contributed by atoms with E-state index in [1.54, 1.807) is 13.0 Å². The third-order valence-electron chi connectivity index (χ3n) is 3.40. The number of rotatable bonds is 5. The molecule has 1 N–H and O–H groups in total. The molecule has 21 heavy (non-hydrogen) atoms. The molecule has 1 aromatic heterocycles. The van der Waals surface area contributed by atoms with E-state index >= 15 is 0 Å². The lowest BCUT2D eigenvalue weighted by molar-refractivity contribution is -0.141. The Labute approximate surface area is 123 Å². The Morgan fingerprint density at radius 2 is 1.95 bits per heavy atom. The van der Waals surface area contributed by atoms with Crippen molar-refractivity contribution in [2.45, 2.75) is 13.8 Å². The number of carboxylic acids is 1. The monoisotopic (exact) mass is 286 g/mol. The second-order valence-electron chi connectivity index (χ2n) is 4.97. The van der Waals surface area contributed by atoms with Crippen molar-refractivity contribution < 1.29 is 14.7 Å². The zero-order chi connectivity index (χ0) is 15.4. The first-order valence-electron chi connectivity index (χ1n) is 6.90. The standard InChI is InChI=1S/C16H18N2O3/c1-3-18(10-11(2)16(20)21)15(19)14-9-8-12-6-4-5-7-13(12)17-14/h4-9,11H,3,10H2,1-2H3,(H,20,21). The number of benzene rings is 1. The summed E-state index contributed by atoms with van der Waals surface area (Å²) < 4.78 is 0. The zero-order valence-corrected chi connectivity index (χ0v) is 12.1. The topological polar surface area (TPSA) is 70.5 Å². The van der Waals surface area contributed by atoms with Crippen LogP contribution in [0.2, 0.25) is 0 Å². The number of para-hydroxylation sites is 1. The lowest BCUT2D eigenvalue weighted by Crippen LogP contribution is -2.37. The SMILES string of the molecule is CCN(CC(C)C(=O)O)C(=O)c1ccc2ccccc2n1. The first-order chi connectivity index (χ1) is 10.0. The van der Waals surface area contributed by atoms with E-state index in [2.05, 4.69) is 4.98 Å². The maximum Gasteiger partial charge on any atom is 0.308 e. The molecule has 0 aliphatic carbocycles. The average molecular weight is 286 g/mol. The van der Waals surface area contributed by atoms with Crippen LogP contribution in [0.25, 0.3) is 10.9 Å². The van der Waals surface area contributed by atoms with Crippen LogP contribution >= 0.6 is 0 Å². The van der Waals surface area contributed by atoms with E-state index in [-0.39, 0.29) is 12.5 Å². The molecular weight excluding hydrogens is 268 g/mol. The average Bonchev–Trinajstić information content (AvgIpc) is 2.51. The molecule has 1 amide bonds. The molecule has 1 heterocycles. The van der Waals surface area contributed by atoms with Crippen molar-refractivity contribution in [3.63, 3.8) is 0 Å². The molecule has 110 valence electrons. The van der Waals surface area contributed by atoms with E-state index in [0.717, 1.165) is 10.9 Å². The number of pyridine rings is 1. The Bertz CT molecular complexity index is 669. The fraction of sp³-hybridized carbons (Fsp3) is 0.312. The van der Waals surface area contributed by atoms with Gasteiger partial charge < -0.3 is 10.0 Å². The minimum atomic E-state index is -0.910. The van der Waals surface area contributed by atoms with Crippen molar-refractivity contribution in [2.24, 2.45) is 5.92 Å². The van der Waals surface area contributed by atoms with Gasteiger partial charge in [-0.15, -0.1) is 0 Å². The molecule has 5 heteroatoms. The quantitative estimate of drug-likeness (QED) is 0.916. The largest absolute Gasteiger partial charge is 0.481 e. The number of carbonyl (C=O) groups excluding carboxylic acids is 1. The van der Waals surface area contributed by atoms with Gasteiger partial charge in [-0.1, -0.05) is 31.2 Å². The Morgan fingerprint density at radius 3 is 2.62 bits per heavy atom. The third-order valence-corrected chi connectivity index (χ3v) is 3.40. The summed E-state index contributed by atoms with van der Waals surface area (Å²) in [6.07, 6.45) is 0. The van der Waals surface area contributed by atoms with Crippen LogP contribution in [0.1, 0.15) is 24.3 Å². The molecule has 0 radical (unpaired) electrons. The summed E-state index contributed by atoms with van der Waals surface area (Å²) in [4.78, 5) is 29.2. The van der Waals surface area contributed by atoms with Gasteiger partial charge >= 0.3 is 5.97 Å². The molecule has 0 saturated carbocycles. The highest BCUT2D eigenvalue weighted by atomic mass is 16.4. The first kappa shape index (κ1) is 15.0. The minimum Gasteiger partial charge on any atom is -0.481 e. The fourth-order valence-corrected chi connectivity index (χ4v) is 2.11. The van der Waals surface area contributed by atoms with Crippen LogP contribution in [0.3, 0.4) is 0 Å². The summed E-state index contributed by atoms with van der Waals surface area (Å²) in [5, 5.41) is 9.94. The number of nitrogens with zero attached hydrogens (tertiary/aromatic N) is 2. The van der Waals surface area contributed by atoms with Crippen molar-refractivity contribution in [3.05, 3.63) is 42.1 Å². The van der Waals surface area contributed by atoms with Gasteiger partial charge in [0.2, 0.25) is 0 Å². The zero-order valence-electron chi connectivity index (χ0n) is 12.1. The maximum absolute atomic E-state index is 12.4. The number of aromatic nitrogens is 1. The molecule has 1 unspecified atom stereocenters. The molecule has 0 spiro atoms. The molecule has 2 rings (SSSR count). The Kier molecular flexibility index (Phi) is 4.52. The van der Waals surface area contributed by atoms with Crippen molar-refractivity contribution in [1.29, 1.82) is 0 Å². The van der Waals surface area contributed by atoms with E-state index in [1.807, 2.05) is 37.3 Å². The van der Waals surface area contributed by atoms with Crippen LogP contribution in [0.5, 0.6) is 0 Å². The van der Waals surface area contributed by atoms with Crippen LogP contribution < -0.4 is 0 Å². The second-order valence-corrected chi connectivity index (χ2v) is 4.97. The van der Waals surface area contributed by atoms with Gasteiger partial charge in [0.1, 0.15) is 5.69 Å². The molecule has 0 bridgehead atoms. The highest BCUT2D eigenvalue weighted by Gasteiger charge is 2.21. The number of carbonyl (C=O) groups is 2. The Morgan fingerprint density at radius 1 is 1.24 bits per heavy atom. The highest BCUT2D eigenvalue weighted by Crippen LogP contribution is 2.13. The predicted octanol–water partition coefficient (Wildman–Crippen LogP) is 2.42. The number of aliphatic carboxylic acids is 1. The summed E-state index contributed by atoms with van der Waals surface area (Å²) >= 11 is 0. The number of amides is 1. The van der Waals surface area contributed by atoms with E-state index in [4.69, 9.17) is 5.11 Å². The van der Waals surface area contributed by atoms with Crippen molar-refractivity contribution in [2.75, 3.05) is 13.1 Å². The highest BCUT2D eigenvalue weighted by molar-refractivity contribution is 5.95. The van der Waals surface area contributed by atoms with Crippen molar-refractivity contribution in [3.8, 4) is 0 Å². The predicted molar refractivity (Wildman–Crippen MR) is 80.1 cm³/mol. The van der Waals surface area contributed by atoms with Gasteiger partial charge in [0.05, 0.1) is 11.4 Å². The minimum absolute atomic E-state index is 0.180. The van der Waals surface area contributed by atoms with Crippen LogP contribution in [0, 0.1) is 5.92 Å².